The highest BCUT2D eigenvalue weighted by Gasteiger charge is 2.39. The van der Waals surface area contributed by atoms with Crippen molar-refractivity contribution in [1.82, 2.24) is 4.90 Å². The molecule has 4 rings (SSSR count). The number of nitrogens with zero attached hydrogens (tertiary/aromatic N) is 1. The summed E-state index contributed by atoms with van der Waals surface area (Å²) in [6.07, 6.45) is 3.10. The fourth-order valence-electron chi connectivity index (χ4n) is 3.26. The molecule has 1 atom stereocenters. The van der Waals surface area contributed by atoms with Crippen LogP contribution in [0.25, 0.3) is 0 Å². The van der Waals surface area contributed by atoms with E-state index in [2.05, 4.69) is 28.5 Å². The van der Waals surface area contributed by atoms with E-state index in [1.54, 1.807) is 18.4 Å². The molecule has 1 aliphatic carbocycles. The van der Waals surface area contributed by atoms with Gasteiger partial charge in [-0.3, -0.25) is 4.79 Å². The summed E-state index contributed by atoms with van der Waals surface area (Å²) >= 11 is 1.81. The van der Waals surface area contributed by atoms with Crippen molar-refractivity contribution in [2.24, 2.45) is 5.92 Å². The quantitative estimate of drug-likeness (QED) is 0.866. The average Bonchev–Trinajstić information content (AvgIpc) is 3.31. The van der Waals surface area contributed by atoms with Gasteiger partial charge in [-0.15, -0.1) is 11.3 Å². The fourth-order valence-corrected chi connectivity index (χ4v) is 4.17. The first-order chi connectivity index (χ1) is 10.8. The maximum Gasteiger partial charge on any atom is 0.226 e. The van der Waals surface area contributed by atoms with Crippen LogP contribution in [0.1, 0.15) is 34.9 Å². The van der Waals surface area contributed by atoms with E-state index < -0.39 is 0 Å². The maximum absolute atomic E-state index is 12.7. The number of carbonyl (C=O) groups excluding carboxylic acids is 1. The largest absolute Gasteiger partial charge is 0.497 e. The zero-order valence-electron chi connectivity index (χ0n) is 12.6. The number of hydrogen-bond acceptors (Lipinski definition) is 3. The Balaban J connectivity index is 1.74. The number of benzene rings is 1. The van der Waals surface area contributed by atoms with E-state index in [1.165, 1.54) is 16.0 Å². The first-order valence-corrected chi connectivity index (χ1v) is 8.66. The SMILES string of the molecule is COc1ccc(C2c3ccsc3CCN2C(=O)C2CC2)cc1. The Hall–Kier alpha value is -1.81. The molecule has 0 radical (unpaired) electrons. The smallest absolute Gasteiger partial charge is 0.226 e. The van der Waals surface area contributed by atoms with Crippen molar-refractivity contribution in [3.63, 3.8) is 0 Å². The minimum Gasteiger partial charge on any atom is -0.497 e. The van der Waals surface area contributed by atoms with Crippen molar-refractivity contribution >= 4 is 17.2 Å². The van der Waals surface area contributed by atoms with Gasteiger partial charge in [0.25, 0.3) is 0 Å². The highest BCUT2D eigenvalue weighted by atomic mass is 32.1. The van der Waals surface area contributed by atoms with Gasteiger partial charge in [0.05, 0.1) is 13.2 Å². The third-order valence-electron chi connectivity index (χ3n) is 4.61. The summed E-state index contributed by atoms with van der Waals surface area (Å²) in [6, 6.07) is 10.4. The van der Waals surface area contributed by atoms with Gasteiger partial charge in [-0.25, -0.2) is 0 Å². The second-order valence-corrected chi connectivity index (χ2v) is 7.03. The molecule has 3 nitrogen and oxygen atoms in total. The van der Waals surface area contributed by atoms with Crippen molar-refractivity contribution in [2.45, 2.75) is 25.3 Å². The number of hydrogen-bond donors (Lipinski definition) is 0. The lowest BCUT2D eigenvalue weighted by Gasteiger charge is -2.36. The Labute approximate surface area is 134 Å². The van der Waals surface area contributed by atoms with Crippen molar-refractivity contribution in [3.8, 4) is 5.75 Å². The van der Waals surface area contributed by atoms with E-state index >= 15 is 0 Å². The summed E-state index contributed by atoms with van der Waals surface area (Å²) in [4.78, 5) is 16.2. The second-order valence-electron chi connectivity index (χ2n) is 6.03. The lowest BCUT2D eigenvalue weighted by molar-refractivity contribution is -0.134. The van der Waals surface area contributed by atoms with Crippen LogP contribution >= 0.6 is 11.3 Å². The Bertz CT molecular complexity index is 687. The Morgan fingerprint density at radius 2 is 2.00 bits per heavy atom. The lowest BCUT2D eigenvalue weighted by atomic mass is 9.93. The molecule has 1 fully saturated rings. The minimum absolute atomic E-state index is 0.0639. The van der Waals surface area contributed by atoms with Crippen LogP contribution in [0.4, 0.5) is 0 Å². The second kappa shape index (κ2) is 5.43. The minimum atomic E-state index is 0.0639. The topological polar surface area (TPSA) is 29.5 Å². The summed E-state index contributed by atoms with van der Waals surface area (Å²) in [7, 11) is 1.68. The van der Waals surface area contributed by atoms with E-state index in [0.29, 0.717) is 5.91 Å². The van der Waals surface area contributed by atoms with E-state index in [1.807, 2.05) is 12.1 Å². The van der Waals surface area contributed by atoms with Crippen LogP contribution in [0.15, 0.2) is 35.7 Å². The Kier molecular flexibility index (Phi) is 3.41. The van der Waals surface area contributed by atoms with Gasteiger partial charge in [0, 0.05) is 17.3 Å². The predicted molar refractivity (Wildman–Crippen MR) is 87.3 cm³/mol. The van der Waals surface area contributed by atoms with Gasteiger partial charge in [0.15, 0.2) is 0 Å². The third-order valence-corrected chi connectivity index (χ3v) is 5.60. The van der Waals surface area contributed by atoms with Crippen molar-refractivity contribution in [2.75, 3.05) is 13.7 Å². The van der Waals surface area contributed by atoms with Crippen LogP contribution in [0.3, 0.4) is 0 Å². The number of fused-ring (bicyclic) bond motifs is 1. The van der Waals surface area contributed by atoms with Crippen molar-refractivity contribution in [3.05, 3.63) is 51.7 Å². The van der Waals surface area contributed by atoms with Crippen molar-refractivity contribution < 1.29 is 9.53 Å². The molecule has 22 heavy (non-hydrogen) atoms. The molecule has 1 saturated carbocycles. The number of carbonyl (C=O) groups is 1. The summed E-state index contributed by atoms with van der Waals surface area (Å²) < 4.78 is 5.26. The third kappa shape index (κ3) is 2.31. The van der Waals surface area contributed by atoms with E-state index in [-0.39, 0.29) is 12.0 Å². The van der Waals surface area contributed by atoms with Gasteiger partial charge in [0.1, 0.15) is 5.75 Å². The maximum atomic E-state index is 12.7. The van der Waals surface area contributed by atoms with Gasteiger partial charge < -0.3 is 9.64 Å². The van der Waals surface area contributed by atoms with Gasteiger partial charge in [-0.05, 0) is 54.0 Å². The number of rotatable bonds is 3. The molecule has 2 heterocycles. The normalized spacial score (nSPS) is 20.6. The molecule has 1 aromatic heterocycles. The highest BCUT2D eigenvalue weighted by molar-refractivity contribution is 7.10. The van der Waals surface area contributed by atoms with Gasteiger partial charge in [0.2, 0.25) is 5.91 Å². The van der Waals surface area contributed by atoms with Gasteiger partial charge >= 0.3 is 0 Å². The van der Waals surface area contributed by atoms with Gasteiger partial charge in [-0.2, -0.15) is 0 Å². The molecular weight excluding hydrogens is 294 g/mol. The van der Waals surface area contributed by atoms with E-state index in [4.69, 9.17) is 4.74 Å². The van der Waals surface area contributed by atoms with Crippen LogP contribution in [0.5, 0.6) is 5.75 Å². The van der Waals surface area contributed by atoms with Crippen LogP contribution in [0.2, 0.25) is 0 Å². The standard InChI is InChI=1S/C18H19NO2S/c1-21-14-6-4-12(5-7-14)17-15-9-11-22-16(15)8-10-19(17)18(20)13-2-3-13/h4-7,9,11,13,17H,2-3,8,10H2,1H3. The monoisotopic (exact) mass is 313 g/mol. The van der Waals surface area contributed by atoms with Crippen LogP contribution in [-0.2, 0) is 11.2 Å². The molecule has 2 aliphatic rings. The Morgan fingerprint density at radius 3 is 2.68 bits per heavy atom. The first-order valence-electron chi connectivity index (χ1n) is 7.78. The molecule has 0 spiro atoms. The van der Waals surface area contributed by atoms with Crippen molar-refractivity contribution in [1.29, 1.82) is 0 Å². The highest BCUT2D eigenvalue weighted by Crippen LogP contribution is 2.41. The zero-order valence-corrected chi connectivity index (χ0v) is 13.4. The molecule has 0 bridgehead atoms. The summed E-state index contributed by atoms with van der Waals surface area (Å²) in [6.45, 7) is 0.833. The molecule has 0 saturated heterocycles. The first kappa shape index (κ1) is 13.8. The molecule has 1 unspecified atom stereocenters. The number of methoxy groups -OCH3 is 1. The molecule has 4 heteroatoms. The van der Waals surface area contributed by atoms with E-state index in [0.717, 1.165) is 31.6 Å². The lowest BCUT2D eigenvalue weighted by Crippen LogP contribution is -2.40. The molecule has 0 N–H and O–H groups in total. The molecule has 2 aromatic rings. The van der Waals surface area contributed by atoms with Crippen LogP contribution < -0.4 is 4.74 Å². The summed E-state index contributed by atoms with van der Waals surface area (Å²) in [5.74, 6) is 1.45. The number of ether oxygens (including phenoxy) is 1. The number of thiophene rings is 1. The molecule has 1 aromatic carbocycles. The van der Waals surface area contributed by atoms with E-state index in [9.17, 15) is 4.79 Å². The van der Waals surface area contributed by atoms with Crippen LogP contribution in [0, 0.1) is 5.92 Å². The number of amides is 1. The fraction of sp³-hybridized carbons (Fsp3) is 0.389. The summed E-state index contributed by atoms with van der Waals surface area (Å²) in [5, 5.41) is 2.15. The average molecular weight is 313 g/mol. The zero-order chi connectivity index (χ0) is 15.1. The van der Waals surface area contributed by atoms with Crippen LogP contribution in [-0.4, -0.2) is 24.5 Å². The molecule has 1 amide bonds. The molecular formula is C18H19NO2S. The van der Waals surface area contributed by atoms with Gasteiger partial charge in [-0.1, -0.05) is 12.1 Å². The molecule has 1 aliphatic heterocycles. The molecule has 114 valence electrons. The Morgan fingerprint density at radius 1 is 1.23 bits per heavy atom. The summed E-state index contributed by atoms with van der Waals surface area (Å²) in [5.41, 5.74) is 2.48. The predicted octanol–water partition coefficient (Wildman–Crippen LogP) is 3.64.